The first kappa shape index (κ1) is 8.70. The molecule has 4 heteroatoms. The van der Waals surface area contributed by atoms with E-state index < -0.39 is 5.60 Å². The number of hydrogen-bond donors (Lipinski definition) is 2. The van der Waals surface area contributed by atoms with Gasteiger partial charge < -0.3 is 10.4 Å². The summed E-state index contributed by atoms with van der Waals surface area (Å²) in [6.45, 7) is 1.14. The summed E-state index contributed by atoms with van der Waals surface area (Å²) in [4.78, 5) is 0. The molecule has 1 fully saturated rings. The van der Waals surface area contributed by atoms with Crippen LogP contribution >= 0.6 is 12.4 Å². The van der Waals surface area contributed by atoms with E-state index in [4.69, 9.17) is 10.4 Å². The average Bonchev–Trinajstić information content (AvgIpc) is 1.64. The minimum absolute atomic E-state index is 0. The van der Waals surface area contributed by atoms with Crippen LogP contribution < -0.4 is 5.32 Å². The largest absolute Gasteiger partial charge is 0.386 e. The van der Waals surface area contributed by atoms with Crippen LogP contribution in [0.3, 0.4) is 0 Å². The van der Waals surface area contributed by atoms with Gasteiger partial charge in [-0.25, -0.2) is 0 Å². The third kappa shape index (κ3) is 1.83. The molecule has 1 heterocycles. The van der Waals surface area contributed by atoms with Crippen molar-refractivity contribution >= 4 is 12.4 Å². The molecule has 1 aliphatic heterocycles. The molecule has 0 unspecified atom stereocenters. The maximum Gasteiger partial charge on any atom is 0.102 e. The maximum absolute atomic E-state index is 9.12. The van der Waals surface area contributed by atoms with Gasteiger partial charge in [-0.1, -0.05) is 0 Å². The molecule has 0 spiro atoms. The van der Waals surface area contributed by atoms with E-state index in [2.05, 4.69) is 5.32 Å². The molecule has 0 atom stereocenters. The van der Waals surface area contributed by atoms with Crippen molar-refractivity contribution in [3.63, 3.8) is 0 Å². The minimum atomic E-state index is -0.700. The van der Waals surface area contributed by atoms with Gasteiger partial charge in [0, 0.05) is 13.1 Å². The van der Waals surface area contributed by atoms with Crippen LogP contribution in [0, 0.1) is 11.3 Å². The van der Waals surface area contributed by atoms with E-state index in [9.17, 15) is 0 Å². The van der Waals surface area contributed by atoms with Crippen molar-refractivity contribution in [2.45, 2.75) is 12.0 Å². The fraction of sp³-hybridized carbons (Fsp3) is 0.800. The smallest absolute Gasteiger partial charge is 0.102 e. The van der Waals surface area contributed by atoms with Gasteiger partial charge in [-0.05, 0) is 0 Å². The predicted octanol–water partition coefficient (Wildman–Crippen LogP) is -0.344. The number of β-amino-alcohol motifs (C(OH)–C–C–N with tert-alkyl or cyclic N) is 1. The monoisotopic (exact) mass is 148 g/mol. The molecule has 0 bridgehead atoms. The number of rotatable bonds is 1. The van der Waals surface area contributed by atoms with E-state index >= 15 is 0 Å². The lowest BCUT2D eigenvalue weighted by Crippen LogP contribution is -2.59. The Morgan fingerprint density at radius 1 is 1.67 bits per heavy atom. The molecule has 0 aliphatic carbocycles. The van der Waals surface area contributed by atoms with Crippen LogP contribution in [0.5, 0.6) is 0 Å². The molecule has 0 amide bonds. The lowest BCUT2D eigenvalue weighted by Gasteiger charge is -2.35. The Kier molecular flexibility index (Phi) is 2.92. The zero-order valence-electron chi connectivity index (χ0n) is 4.92. The Labute approximate surface area is 60.1 Å². The Bertz CT molecular complexity index is 127. The van der Waals surface area contributed by atoms with E-state index in [1.165, 1.54) is 0 Å². The van der Waals surface area contributed by atoms with E-state index in [0.717, 1.165) is 0 Å². The topological polar surface area (TPSA) is 56.0 Å². The molecule has 0 aromatic rings. The van der Waals surface area contributed by atoms with Gasteiger partial charge in [-0.3, -0.25) is 0 Å². The van der Waals surface area contributed by atoms with Crippen molar-refractivity contribution < 1.29 is 5.11 Å². The maximum atomic E-state index is 9.12. The molecular weight excluding hydrogens is 140 g/mol. The second kappa shape index (κ2) is 3.02. The zero-order chi connectivity index (χ0) is 6.04. The molecule has 52 valence electrons. The summed E-state index contributed by atoms with van der Waals surface area (Å²) in [7, 11) is 0. The second-order valence-electron chi connectivity index (χ2n) is 2.16. The fourth-order valence-corrected chi connectivity index (χ4v) is 0.686. The van der Waals surface area contributed by atoms with Gasteiger partial charge in [0.15, 0.2) is 0 Å². The summed E-state index contributed by atoms with van der Waals surface area (Å²) in [6.07, 6.45) is 0.250. The van der Waals surface area contributed by atoms with Crippen molar-refractivity contribution in [2.24, 2.45) is 0 Å². The van der Waals surface area contributed by atoms with Crippen molar-refractivity contribution in [3.8, 4) is 6.07 Å². The van der Waals surface area contributed by atoms with Crippen LogP contribution in [-0.2, 0) is 0 Å². The molecule has 1 rings (SSSR count). The first-order valence-electron chi connectivity index (χ1n) is 2.57. The molecule has 3 nitrogen and oxygen atoms in total. The fourth-order valence-electron chi connectivity index (χ4n) is 0.686. The molecule has 0 aromatic heterocycles. The highest BCUT2D eigenvalue weighted by Crippen LogP contribution is 2.13. The number of nitriles is 1. The third-order valence-electron chi connectivity index (χ3n) is 1.32. The molecule has 2 N–H and O–H groups in total. The van der Waals surface area contributed by atoms with Gasteiger partial charge in [-0.15, -0.1) is 12.4 Å². The van der Waals surface area contributed by atoms with Gasteiger partial charge in [0.2, 0.25) is 0 Å². The van der Waals surface area contributed by atoms with Crippen LogP contribution in [0.15, 0.2) is 0 Å². The molecule has 1 saturated heterocycles. The van der Waals surface area contributed by atoms with E-state index in [1.54, 1.807) is 0 Å². The standard InChI is InChI=1S/C5H8N2O.ClH/c6-2-1-5(8)3-7-4-5;/h7-8H,1,3-4H2;1H. The highest BCUT2D eigenvalue weighted by molar-refractivity contribution is 5.85. The summed E-state index contributed by atoms with van der Waals surface area (Å²) in [5, 5.41) is 20.1. The first-order valence-corrected chi connectivity index (χ1v) is 2.57. The SMILES string of the molecule is Cl.N#CCC1(O)CNC1. The lowest BCUT2D eigenvalue weighted by molar-refractivity contribution is -0.00501. The number of hydrogen-bond acceptors (Lipinski definition) is 3. The van der Waals surface area contributed by atoms with E-state index in [0.29, 0.717) is 13.1 Å². The summed E-state index contributed by atoms with van der Waals surface area (Å²) >= 11 is 0. The lowest BCUT2D eigenvalue weighted by atomic mass is 9.94. The van der Waals surface area contributed by atoms with Crippen LogP contribution in [-0.4, -0.2) is 23.8 Å². The predicted molar refractivity (Wildman–Crippen MR) is 35.3 cm³/mol. The Morgan fingerprint density at radius 2 is 2.22 bits per heavy atom. The summed E-state index contributed by atoms with van der Waals surface area (Å²) in [5.74, 6) is 0. The van der Waals surface area contributed by atoms with Gasteiger partial charge in [0.25, 0.3) is 0 Å². The number of nitrogens with zero attached hydrogens (tertiary/aromatic N) is 1. The van der Waals surface area contributed by atoms with Crippen molar-refractivity contribution in [1.82, 2.24) is 5.32 Å². The van der Waals surface area contributed by atoms with Crippen molar-refractivity contribution in [3.05, 3.63) is 0 Å². The summed E-state index contributed by atoms with van der Waals surface area (Å²) in [6, 6.07) is 1.92. The van der Waals surface area contributed by atoms with Gasteiger partial charge >= 0.3 is 0 Å². The Morgan fingerprint density at radius 3 is 2.33 bits per heavy atom. The number of nitrogens with one attached hydrogen (secondary N) is 1. The quantitative estimate of drug-likeness (QED) is 0.535. The minimum Gasteiger partial charge on any atom is -0.386 e. The average molecular weight is 149 g/mol. The Balaban J connectivity index is 0.000000640. The summed E-state index contributed by atoms with van der Waals surface area (Å²) in [5.41, 5.74) is -0.700. The molecular formula is C5H9ClN2O. The van der Waals surface area contributed by atoms with Gasteiger partial charge in [0.1, 0.15) is 5.60 Å². The highest BCUT2D eigenvalue weighted by atomic mass is 35.5. The van der Waals surface area contributed by atoms with Gasteiger partial charge in [-0.2, -0.15) is 5.26 Å². The van der Waals surface area contributed by atoms with E-state index in [1.807, 2.05) is 6.07 Å². The second-order valence-corrected chi connectivity index (χ2v) is 2.16. The zero-order valence-corrected chi connectivity index (χ0v) is 5.74. The Hall–Kier alpha value is -0.300. The van der Waals surface area contributed by atoms with E-state index in [-0.39, 0.29) is 18.8 Å². The number of aliphatic hydroxyl groups is 1. The molecule has 0 radical (unpaired) electrons. The first-order chi connectivity index (χ1) is 3.77. The van der Waals surface area contributed by atoms with Crippen molar-refractivity contribution in [1.29, 1.82) is 5.26 Å². The normalized spacial score (nSPS) is 20.9. The van der Waals surface area contributed by atoms with Crippen molar-refractivity contribution in [2.75, 3.05) is 13.1 Å². The molecule has 9 heavy (non-hydrogen) atoms. The molecule has 1 aliphatic rings. The van der Waals surface area contributed by atoms with Crippen LogP contribution in [0.25, 0.3) is 0 Å². The highest BCUT2D eigenvalue weighted by Gasteiger charge is 2.33. The van der Waals surface area contributed by atoms with Crippen LogP contribution in [0.1, 0.15) is 6.42 Å². The molecule has 0 saturated carbocycles. The van der Waals surface area contributed by atoms with Gasteiger partial charge in [0.05, 0.1) is 12.5 Å². The summed E-state index contributed by atoms with van der Waals surface area (Å²) < 4.78 is 0. The molecule has 0 aromatic carbocycles. The van der Waals surface area contributed by atoms with Crippen LogP contribution in [0.2, 0.25) is 0 Å². The third-order valence-corrected chi connectivity index (χ3v) is 1.32. The number of halogens is 1. The van der Waals surface area contributed by atoms with Crippen LogP contribution in [0.4, 0.5) is 0 Å².